The van der Waals surface area contributed by atoms with Crippen molar-refractivity contribution >= 4 is 0 Å². The van der Waals surface area contributed by atoms with Crippen LogP contribution < -0.4 is 5.73 Å². The largest absolute Gasteiger partial charge is 0.314 e. The number of rotatable bonds is 9. The van der Waals surface area contributed by atoms with Gasteiger partial charge in [0.25, 0.3) is 0 Å². The molecule has 0 rings (SSSR count). The Morgan fingerprint density at radius 1 is 1.19 bits per heavy atom. The highest BCUT2D eigenvalue weighted by Crippen LogP contribution is 2.09. The van der Waals surface area contributed by atoms with E-state index in [2.05, 4.69) is 24.9 Å². The molecule has 0 fully saturated rings. The first-order valence-electron chi connectivity index (χ1n) is 6.40. The molecule has 0 bridgehead atoms. The summed E-state index contributed by atoms with van der Waals surface area (Å²) >= 11 is 0. The van der Waals surface area contributed by atoms with Gasteiger partial charge in [0.05, 0.1) is 6.07 Å². The van der Waals surface area contributed by atoms with Gasteiger partial charge in [0, 0.05) is 0 Å². The smallest absolute Gasteiger partial charge is 0.101 e. The van der Waals surface area contributed by atoms with Crippen LogP contribution in [-0.2, 0) is 0 Å². The summed E-state index contributed by atoms with van der Waals surface area (Å²) < 4.78 is 0. The van der Waals surface area contributed by atoms with Crippen molar-refractivity contribution in [3.05, 3.63) is 0 Å². The molecule has 0 aromatic carbocycles. The highest BCUT2D eigenvalue weighted by molar-refractivity contribution is 5.00. The molecular weight excluding hydrogens is 198 g/mol. The Kier molecular flexibility index (Phi) is 8.23. The third-order valence-corrected chi connectivity index (χ3v) is 2.88. The Balaban J connectivity index is 3.41. The zero-order valence-electron chi connectivity index (χ0n) is 11.1. The van der Waals surface area contributed by atoms with Gasteiger partial charge in [0.2, 0.25) is 0 Å². The molecule has 1 unspecified atom stereocenters. The maximum Gasteiger partial charge on any atom is 0.101 e. The molecule has 3 nitrogen and oxygen atoms in total. The van der Waals surface area contributed by atoms with Gasteiger partial charge >= 0.3 is 0 Å². The van der Waals surface area contributed by atoms with Crippen molar-refractivity contribution in [1.29, 1.82) is 5.26 Å². The number of nitrogens with zero attached hydrogens (tertiary/aromatic N) is 2. The summed E-state index contributed by atoms with van der Waals surface area (Å²) in [6.07, 6.45) is 6.86. The van der Waals surface area contributed by atoms with E-state index in [1.165, 1.54) is 25.8 Å². The van der Waals surface area contributed by atoms with Crippen LogP contribution in [0.15, 0.2) is 0 Å². The van der Waals surface area contributed by atoms with Crippen molar-refractivity contribution in [1.82, 2.24) is 4.90 Å². The topological polar surface area (TPSA) is 53.0 Å². The third kappa shape index (κ3) is 8.70. The van der Waals surface area contributed by atoms with Gasteiger partial charge in [0.15, 0.2) is 0 Å². The van der Waals surface area contributed by atoms with Crippen molar-refractivity contribution < 1.29 is 0 Å². The number of nitrogens with two attached hydrogens (primary N) is 1. The summed E-state index contributed by atoms with van der Waals surface area (Å²) in [5.41, 5.74) is 5.12. The molecule has 16 heavy (non-hydrogen) atoms. The van der Waals surface area contributed by atoms with E-state index in [1.807, 2.05) is 0 Å². The van der Waals surface area contributed by atoms with Crippen LogP contribution in [0.1, 0.15) is 52.4 Å². The SMILES string of the molecule is CCCCCN(C)CCCCC(C)(N)C#N. The minimum Gasteiger partial charge on any atom is -0.314 e. The quantitative estimate of drug-likeness (QED) is 0.613. The predicted octanol–water partition coefficient (Wildman–Crippen LogP) is 2.52. The fourth-order valence-corrected chi connectivity index (χ4v) is 1.67. The fraction of sp³-hybridized carbons (Fsp3) is 0.923. The third-order valence-electron chi connectivity index (χ3n) is 2.88. The highest BCUT2D eigenvalue weighted by atomic mass is 15.1. The van der Waals surface area contributed by atoms with Gasteiger partial charge in [0.1, 0.15) is 5.54 Å². The first-order valence-corrected chi connectivity index (χ1v) is 6.40. The average Bonchev–Trinajstić information content (AvgIpc) is 2.25. The van der Waals surface area contributed by atoms with Crippen molar-refractivity contribution in [2.45, 2.75) is 57.9 Å². The summed E-state index contributed by atoms with van der Waals surface area (Å²) in [7, 11) is 2.17. The van der Waals surface area contributed by atoms with Crippen molar-refractivity contribution in [2.24, 2.45) is 5.73 Å². The Labute approximate surface area is 101 Å². The average molecular weight is 225 g/mol. The Morgan fingerprint density at radius 2 is 1.75 bits per heavy atom. The first-order chi connectivity index (χ1) is 7.52. The van der Waals surface area contributed by atoms with E-state index < -0.39 is 5.54 Å². The number of nitriles is 1. The van der Waals surface area contributed by atoms with E-state index in [-0.39, 0.29) is 0 Å². The molecule has 0 amide bonds. The van der Waals surface area contributed by atoms with Gasteiger partial charge in [-0.2, -0.15) is 5.26 Å². The normalized spacial score (nSPS) is 14.8. The van der Waals surface area contributed by atoms with Crippen LogP contribution in [0.5, 0.6) is 0 Å². The fourth-order valence-electron chi connectivity index (χ4n) is 1.67. The second-order valence-corrected chi connectivity index (χ2v) is 5.00. The van der Waals surface area contributed by atoms with Gasteiger partial charge in [-0.3, -0.25) is 0 Å². The molecule has 0 aliphatic heterocycles. The number of hydrogen-bond acceptors (Lipinski definition) is 3. The molecule has 1 atom stereocenters. The summed E-state index contributed by atoms with van der Waals surface area (Å²) in [4.78, 5) is 2.37. The van der Waals surface area contributed by atoms with E-state index in [0.717, 1.165) is 25.8 Å². The highest BCUT2D eigenvalue weighted by Gasteiger charge is 2.15. The molecule has 0 aromatic heterocycles. The van der Waals surface area contributed by atoms with Crippen LogP contribution in [0.25, 0.3) is 0 Å². The lowest BCUT2D eigenvalue weighted by molar-refractivity contribution is 0.312. The monoisotopic (exact) mass is 225 g/mol. The second kappa shape index (κ2) is 8.55. The van der Waals surface area contributed by atoms with Crippen LogP contribution in [-0.4, -0.2) is 30.6 Å². The zero-order chi connectivity index (χ0) is 12.4. The zero-order valence-corrected chi connectivity index (χ0v) is 11.1. The predicted molar refractivity (Wildman–Crippen MR) is 69.1 cm³/mol. The van der Waals surface area contributed by atoms with E-state index in [4.69, 9.17) is 11.0 Å². The maximum atomic E-state index is 8.76. The molecular formula is C13H27N3. The lowest BCUT2D eigenvalue weighted by atomic mass is 9.98. The summed E-state index contributed by atoms with van der Waals surface area (Å²) in [5, 5.41) is 8.76. The lowest BCUT2D eigenvalue weighted by Gasteiger charge is -2.18. The van der Waals surface area contributed by atoms with Crippen LogP contribution in [0.2, 0.25) is 0 Å². The van der Waals surface area contributed by atoms with Crippen LogP contribution >= 0.6 is 0 Å². The second-order valence-electron chi connectivity index (χ2n) is 5.00. The minimum absolute atomic E-state index is 0.638. The van der Waals surface area contributed by atoms with Gasteiger partial charge in [-0.05, 0) is 52.7 Å². The van der Waals surface area contributed by atoms with E-state index >= 15 is 0 Å². The standard InChI is InChI=1S/C13H27N3/c1-4-5-7-10-16(3)11-8-6-9-13(2,15)12-14/h4-11,15H2,1-3H3. The molecule has 0 aliphatic carbocycles. The molecule has 0 saturated carbocycles. The van der Waals surface area contributed by atoms with Gasteiger partial charge in [-0.25, -0.2) is 0 Å². The molecule has 0 heterocycles. The molecule has 3 heteroatoms. The first kappa shape index (κ1) is 15.4. The van der Waals surface area contributed by atoms with E-state index in [9.17, 15) is 0 Å². The van der Waals surface area contributed by atoms with Crippen molar-refractivity contribution in [3.8, 4) is 6.07 Å². The summed E-state index contributed by atoms with van der Waals surface area (Å²) in [6.45, 7) is 6.33. The van der Waals surface area contributed by atoms with E-state index in [0.29, 0.717) is 0 Å². The maximum absolute atomic E-state index is 8.76. The van der Waals surface area contributed by atoms with Gasteiger partial charge in [-0.15, -0.1) is 0 Å². The minimum atomic E-state index is -0.638. The molecule has 0 aliphatic rings. The Bertz CT molecular complexity index is 206. The summed E-state index contributed by atoms with van der Waals surface area (Å²) in [5.74, 6) is 0. The Hall–Kier alpha value is -0.590. The lowest BCUT2D eigenvalue weighted by Crippen LogP contribution is -2.34. The molecule has 94 valence electrons. The number of unbranched alkanes of at least 4 members (excludes halogenated alkanes) is 3. The van der Waals surface area contributed by atoms with Gasteiger partial charge < -0.3 is 10.6 Å². The van der Waals surface area contributed by atoms with E-state index in [1.54, 1.807) is 6.92 Å². The van der Waals surface area contributed by atoms with Gasteiger partial charge in [-0.1, -0.05) is 19.8 Å². The molecule has 0 saturated heterocycles. The van der Waals surface area contributed by atoms with Crippen molar-refractivity contribution in [2.75, 3.05) is 20.1 Å². The van der Waals surface area contributed by atoms with Crippen LogP contribution in [0, 0.1) is 11.3 Å². The molecule has 0 spiro atoms. The van der Waals surface area contributed by atoms with Crippen molar-refractivity contribution in [3.63, 3.8) is 0 Å². The number of hydrogen-bond donors (Lipinski definition) is 1. The molecule has 0 aromatic rings. The Morgan fingerprint density at radius 3 is 2.25 bits per heavy atom. The van der Waals surface area contributed by atoms with Crippen LogP contribution in [0.3, 0.4) is 0 Å². The molecule has 2 N–H and O–H groups in total. The molecule has 0 radical (unpaired) electrons. The summed E-state index contributed by atoms with van der Waals surface area (Å²) in [6, 6.07) is 2.14. The van der Waals surface area contributed by atoms with Crippen LogP contribution in [0.4, 0.5) is 0 Å².